The van der Waals surface area contributed by atoms with Crippen LogP contribution < -0.4 is 5.73 Å². The van der Waals surface area contributed by atoms with Crippen LogP contribution in [0.15, 0.2) is 18.2 Å². The fourth-order valence-electron chi connectivity index (χ4n) is 3.79. The van der Waals surface area contributed by atoms with Gasteiger partial charge in [-0.25, -0.2) is 0 Å². The Morgan fingerprint density at radius 2 is 1.75 bits per heavy atom. The van der Waals surface area contributed by atoms with Crippen molar-refractivity contribution >= 4 is 36.4 Å². The molecule has 1 atom stereocenters. The van der Waals surface area contributed by atoms with E-state index in [1.807, 2.05) is 30.0 Å². The zero-order valence-electron chi connectivity index (χ0n) is 14.4. The number of rotatable bonds is 2. The molecule has 0 saturated carbocycles. The number of nitrogen functional groups attached to an aromatic ring is 1. The van der Waals surface area contributed by atoms with Crippen LogP contribution in [0.3, 0.4) is 0 Å². The molecule has 0 aromatic heterocycles. The zero-order chi connectivity index (χ0) is 15.5. The van der Waals surface area contributed by atoms with E-state index in [0.717, 1.165) is 37.1 Å². The number of hydrogen-bond acceptors (Lipinski definition) is 3. The Kier molecular flexibility index (Phi) is 8.34. The second-order valence-corrected chi connectivity index (χ2v) is 6.69. The molecule has 2 fully saturated rings. The van der Waals surface area contributed by atoms with E-state index in [9.17, 15) is 4.79 Å². The molecule has 136 valence electrons. The van der Waals surface area contributed by atoms with E-state index in [0.29, 0.717) is 11.7 Å². The van der Waals surface area contributed by atoms with E-state index in [-0.39, 0.29) is 30.7 Å². The van der Waals surface area contributed by atoms with E-state index in [2.05, 4.69) is 4.90 Å². The van der Waals surface area contributed by atoms with Crippen molar-refractivity contribution in [3.8, 4) is 0 Å². The molecule has 6 heteroatoms. The van der Waals surface area contributed by atoms with Crippen molar-refractivity contribution in [3.63, 3.8) is 0 Å². The second-order valence-electron chi connectivity index (χ2n) is 6.69. The van der Waals surface area contributed by atoms with Crippen molar-refractivity contribution in [2.75, 3.05) is 31.9 Å². The number of carbonyl (C=O) groups is 1. The first-order valence-electron chi connectivity index (χ1n) is 8.54. The number of hydrogen-bond donors (Lipinski definition) is 1. The number of likely N-dealkylation sites (tertiary alicyclic amines) is 2. The quantitative estimate of drug-likeness (QED) is 0.806. The highest BCUT2D eigenvalue weighted by Crippen LogP contribution is 2.23. The van der Waals surface area contributed by atoms with Crippen molar-refractivity contribution in [3.05, 3.63) is 29.3 Å². The van der Waals surface area contributed by atoms with Gasteiger partial charge in [0.15, 0.2) is 0 Å². The molecule has 0 radical (unpaired) electrons. The van der Waals surface area contributed by atoms with Crippen LogP contribution in [-0.4, -0.2) is 47.9 Å². The molecule has 1 amide bonds. The Hall–Kier alpha value is -0.970. The van der Waals surface area contributed by atoms with Crippen LogP contribution in [0, 0.1) is 6.92 Å². The number of aryl methyl sites for hydroxylation is 1. The first-order chi connectivity index (χ1) is 10.6. The molecule has 1 unspecified atom stereocenters. The molecule has 3 rings (SSSR count). The van der Waals surface area contributed by atoms with Crippen LogP contribution in [0.2, 0.25) is 0 Å². The Morgan fingerprint density at radius 3 is 2.46 bits per heavy atom. The van der Waals surface area contributed by atoms with Gasteiger partial charge in [0.2, 0.25) is 0 Å². The smallest absolute Gasteiger partial charge is 0.254 e. The molecular formula is C18H29Cl2N3O. The molecule has 1 aromatic rings. The van der Waals surface area contributed by atoms with Gasteiger partial charge < -0.3 is 15.5 Å². The molecule has 4 nitrogen and oxygen atoms in total. The summed E-state index contributed by atoms with van der Waals surface area (Å²) in [5.74, 6) is 0.145. The standard InChI is InChI=1S/C18H27N3O.2ClH/c1-14-6-7-15(19)13-17(14)18(22)21-11-4-5-16(8-12-21)20-9-2-3-10-20;;/h6-7,13,16H,2-5,8-12,19H2,1H3;2*1H. The normalized spacial score (nSPS) is 21.5. The minimum atomic E-state index is 0. The molecule has 0 spiro atoms. The number of benzene rings is 1. The van der Waals surface area contributed by atoms with Gasteiger partial charge in [0.25, 0.3) is 5.91 Å². The first kappa shape index (κ1) is 21.1. The molecule has 2 aliphatic heterocycles. The predicted octanol–water partition coefficient (Wildman–Crippen LogP) is 3.51. The average Bonchev–Trinajstić information content (AvgIpc) is 2.94. The predicted molar refractivity (Wildman–Crippen MR) is 104 cm³/mol. The van der Waals surface area contributed by atoms with Crippen molar-refractivity contribution in [2.24, 2.45) is 0 Å². The summed E-state index contributed by atoms with van der Waals surface area (Å²) in [4.78, 5) is 17.5. The van der Waals surface area contributed by atoms with Crippen molar-refractivity contribution in [1.29, 1.82) is 0 Å². The van der Waals surface area contributed by atoms with Crippen molar-refractivity contribution < 1.29 is 4.79 Å². The third-order valence-electron chi connectivity index (χ3n) is 5.13. The molecular weight excluding hydrogens is 345 g/mol. The number of anilines is 1. The van der Waals surface area contributed by atoms with E-state index in [1.54, 1.807) is 0 Å². The molecule has 24 heavy (non-hydrogen) atoms. The summed E-state index contributed by atoms with van der Waals surface area (Å²) in [6.45, 7) is 6.21. The van der Waals surface area contributed by atoms with Gasteiger partial charge in [0, 0.05) is 30.4 Å². The Morgan fingerprint density at radius 1 is 1.04 bits per heavy atom. The lowest BCUT2D eigenvalue weighted by Gasteiger charge is -2.26. The van der Waals surface area contributed by atoms with Crippen LogP contribution in [0.4, 0.5) is 5.69 Å². The highest BCUT2D eigenvalue weighted by atomic mass is 35.5. The molecule has 2 heterocycles. The van der Waals surface area contributed by atoms with Gasteiger partial charge >= 0.3 is 0 Å². The Bertz CT molecular complexity index is 547. The maximum Gasteiger partial charge on any atom is 0.254 e. The van der Waals surface area contributed by atoms with Crippen LogP contribution in [-0.2, 0) is 0 Å². The minimum absolute atomic E-state index is 0. The third-order valence-corrected chi connectivity index (χ3v) is 5.13. The topological polar surface area (TPSA) is 49.6 Å². The summed E-state index contributed by atoms with van der Waals surface area (Å²) >= 11 is 0. The second kappa shape index (κ2) is 9.50. The number of amides is 1. The van der Waals surface area contributed by atoms with Gasteiger partial charge in [0.05, 0.1) is 0 Å². The van der Waals surface area contributed by atoms with Crippen molar-refractivity contribution in [2.45, 2.75) is 45.1 Å². The first-order valence-corrected chi connectivity index (χ1v) is 8.54. The van der Waals surface area contributed by atoms with Crippen LogP contribution in [0.25, 0.3) is 0 Å². The summed E-state index contributed by atoms with van der Waals surface area (Å²) in [7, 11) is 0. The van der Waals surface area contributed by atoms with Crippen molar-refractivity contribution in [1.82, 2.24) is 9.80 Å². The maximum atomic E-state index is 12.8. The van der Waals surface area contributed by atoms with Gasteiger partial charge in [-0.1, -0.05) is 6.07 Å². The maximum absolute atomic E-state index is 12.8. The van der Waals surface area contributed by atoms with Gasteiger partial charge in [-0.05, 0) is 69.8 Å². The van der Waals surface area contributed by atoms with E-state index in [1.165, 1.54) is 32.4 Å². The van der Waals surface area contributed by atoms with Crippen LogP contribution in [0.1, 0.15) is 48.0 Å². The number of halogens is 2. The lowest BCUT2D eigenvalue weighted by atomic mass is 10.1. The fraction of sp³-hybridized carbons (Fsp3) is 0.611. The SMILES string of the molecule is Cc1ccc(N)cc1C(=O)N1CCCC(N2CCCC2)CC1.Cl.Cl. The summed E-state index contributed by atoms with van der Waals surface area (Å²) in [5, 5.41) is 0. The molecule has 0 aliphatic carbocycles. The summed E-state index contributed by atoms with van der Waals surface area (Å²) in [6.07, 6.45) is 6.10. The highest BCUT2D eigenvalue weighted by molar-refractivity contribution is 5.96. The lowest BCUT2D eigenvalue weighted by molar-refractivity contribution is 0.0757. The number of carbonyl (C=O) groups excluding carboxylic acids is 1. The molecule has 2 N–H and O–H groups in total. The molecule has 2 saturated heterocycles. The largest absolute Gasteiger partial charge is 0.399 e. The van der Waals surface area contributed by atoms with Crippen LogP contribution >= 0.6 is 24.8 Å². The monoisotopic (exact) mass is 373 g/mol. The van der Waals surface area contributed by atoms with E-state index < -0.39 is 0 Å². The van der Waals surface area contributed by atoms with Gasteiger partial charge in [0.1, 0.15) is 0 Å². The van der Waals surface area contributed by atoms with E-state index in [4.69, 9.17) is 5.73 Å². The Labute approximate surface area is 157 Å². The lowest BCUT2D eigenvalue weighted by Crippen LogP contribution is -2.35. The summed E-state index contributed by atoms with van der Waals surface area (Å²) in [6, 6.07) is 6.29. The number of nitrogens with two attached hydrogens (primary N) is 1. The zero-order valence-corrected chi connectivity index (χ0v) is 16.0. The minimum Gasteiger partial charge on any atom is -0.399 e. The number of nitrogens with zero attached hydrogens (tertiary/aromatic N) is 2. The summed E-state index contributed by atoms with van der Waals surface area (Å²) in [5.41, 5.74) is 8.30. The van der Waals surface area contributed by atoms with Gasteiger partial charge in [-0.2, -0.15) is 0 Å². The highest BCUT2D eigenvalue weighted by Gasteiger charge is 2.27. The van der Waals surface area contributed by atoms with Crippen LogP contribution in [0.5, 0.6) is 0 Å². The van der Waals surface area contributed by atoms with E-state index >= 15 is 0 Å². The molecule has 0 bridgehead atoms. The fourth-order valence-corrected chi connectivity index (χ4v) is 3.79. The van der Waals surface area contributed by atoms with Gasteiger partial charge in [-0.15, -0.1) is 24.8 Å². The average molecular weight is 374 g/mol. The third kappa shape index (κ3) is 4.78. The van der Waals surface area contributed by atoms with Gasteiger partial charge in [-0.3, -0.25) is 4.79 Å². The molecule has 1 aromatic carbocycles. The Balaban J connectivity index is 0.00000144. The molecule has 2 aliphatic rings. The summed E-state index contributed by atoms with van der Waals surface area (Å²) < 4.78 is 0.